The summed E-state index contributed by atoms with van der Waals surface area (Å²) in [6.45, 7) is 6.27. The Labute approximate surface area is 145 Å². The number of carbonyl (C=O) groups excluding carboxylic acids is 1. The van der Waals surface area contributed by atoms with Crippen LogP contribution in [0.5, 0.6) is 0 Å². The summed E-state index contributed by atoms with van der Waals surface area (Å²) in [5.74, 6) is 0.493. The Morgan fingerprint density at radius 3 is 2.70 bits per heavy atom. The molecule has 2 rings (SSSR count). The maximum atomic E-state index is 12.6. The zero-order chi connectivity index (χ0) is 16.8. The predicted octanol–water partition coefficient (Wildman–Crippen LogP) is 3.65. The van der Waals surface area contributed by atoms with Crippen LogP contribution in [0.25, 0.3) is 0 Å². The van der Waals surface area contributed by atoms with E-state index in [0.717, 1.165) is 18.0 Å². The number of nitrogens with one attached hydrogen (secondary N) is 1. The van der Waals surface area contributed by atoms with Gasteiger partial charge in [-0.1, -0.05) is 44.5 Å². The number of carbonyl (C=O) groups is 1. The van der Waals surface area contributed by atoms with Crippen molar-refractivity contribution in [3.63, 3.8) is 0 Å². The van der Waals surface area contributed by atoms with Gasteiger partial charge in [0.25, 0.3) is 0 Å². The summed E-state index contributed by atoms with van der Waals surface area (Å²) in [5.41, 5.74) is 0. The van der Waals surface area contributed by atoms with Crippen molar-refractivity contribution in [2.45, 2.75) is 50.1 Å². The molecule has 5 nitrogen and oxygen atoms in total. The predicted molar refractivity (Wildman–Crippen MR) is 95.6 cm³/mol. The van der Waals surface area contributed by atoms with E-state index in [1.54, 1.807) is 17.7 Å². The first-order chi connectivity index (χ1) is 11.1. The van der Waals surface area contributed by atoms with Gasteiger partial charge in [0.2, 0.25) is 5.91 Å². The maximum absolute atomic E-state index is 12.6. The van der Waals surface area contributed by atoms with Crippen LogP contribution in [-0.4, -0.2) is 25.9 Å². The monoisotopic (exact) mass is 352 g/mol. The summed E-state index contributed by atoms with van der Waals surface area (Å²) in [4.78, 5) is 13.9. The molecule has 0 aliphatic heterocycles. The normalized spacial score (nSPS) is 14.0. The highest BCUT2D eigenvalue weighted by molar-refractivity contribution is 8.00. The van der Waals surface area contributed by atoms with Crippen molar-refractivity contribution < 1.29 is 4.79 Å². The molecule has 0 unspecified atom stereocenters. The van der Waals surface area contributed by atoms with Gasteiger partial charge in [0.1, 0.15) is 6.33 Å². The molecule has 0 fully saturated rings. The zero-order valence-corrected chi connectivity index (χ0v) is 15.7. The van der Waals surface area contributed by atoms with E-state index in [1.165, 1.54) is 16.6 Å². The SMILES string of the molecule is CCC(CC)[C@@H](NC(=O)[C@@H](C)Sc1nncn1C)c1cccs1. The van der Waals surface area contributed by atoms with Crippen molar-refractivity contribution in [3.05, 3.63) is 28.7 Å². The lowest BCUT2D eigenvalue weighted by molar-refractivity contribution is -0.121. The van der Waals surface area contributed by atoms with Crippen molar-refractivity contribution >= 4 is 29.0 Å². The van der Waals surface area contributed by atoms with Crippen molar-refractivity contribution in [1.29, 1.82) is 0 Å². The Kier molecular flexibility index (Phi) is 6.65. The lowest BCUT2D eigenvalue weighted by Crippen LogP contribution is -2.37. The Morgan fingerprint density at radius 2 is 2.17 bits per heavy atom. The average Bonchev–Trinajstić information content (AvgIpc) is 3.19. The van der Waals surface area contributed by atoms with Crippen molar-refractivity contribution in [2.75, 3.05) is 0 Å². The number of thioether (sulfide) groups is 1. The molecule has 1 N–H and O–H groups in total. The Hall–Kier alpha value is -1.34. The van der Waals surface area contributed by atoms with E-state index in [4.69, 9.17) is 0 Å². The molecular formula is C16H24N4OS2. The smallest absolute Gasteiger partial charge is 0.233 e. The molecule has 0 aliphatic carbocycles. The quantitative estimate of drug-likeness (QED) is 0.737. The topological polar surface area (TPSA) is 59.8 Å². The molecule has 0 aliphatic rings. The minimum Gasteiger partial charge on any atom is -0.347 e. The minimum absolute atomic E-state index is 0.0447. The molecule has 0 spiro atoms. The summed E-state index contributed by atoms with van der Waals surface area (Å²) >= 11 is 3.14. The van der Waals surface area contributed by atoms with E-state index in [-0.39, 0.29) is 17.2 Å². The number of thiophene rings is 1. The minimum atomic E-state index is -0.213. The zero-order valence-electron chi connectivity index (χ0n) is 14.0. The molecule has 2 atom stereocenters. The third-order valence-corrected chi connectivity index (χ3v) is 6.09. The van der Waals surface area contributed by atoms with Gasteiger partial charge in [-0.25, -0.2) is 0 Å². The van der Waals surface area contributed by atoms with E-state index >= 15 is 0 Å². The second-order valence-electron chi connectivity index (χ2n) is 5.56. The summed E-state index contributed by atoms with van der Waals surface area (Å²) in [6, 6.07) is 4.23. The van der Waals surface area contributed by atoms with Gasteiger partial charge in [-0.2, -0.15) is 0 Å². The van der Waals surface area contributed by atoms with Crippen molar-refractivity contribution in [3.8, 4) is 0 Å². The standard InChI is InChI=1S/C16H24N4OS2/c1-5-12(6-2)14(13-8-7-9-22-13)18-15(21)11(3)23-16-19-17-10-20(16)4/h7-12,14H,5-6H2,1-4H3,(H,18,21)/t11-,14-/m1/s1. The van der Waals surface area contributed by atoms with E-state index in [1.807, 2.05) is 24.6 Å². The summed E-state index contributed by atoms with van der Waals surface area (Å²) in [6.07, 6.45) is 3.74. The van der Waals surface area contributed by atoms with Gasteiger partial charge in [0.05, 0.1) is 11.3 Å². The number of aryl methyl sites for hydroxylation is 1. The van der Waals surface area contributed by atoms with Crippen LogP contribution in [0.3, 0.4) is 0 Å². The van der Waals surface area contributed by atoms with Gasteiger partial charge in [0, 0.05) is 11.9 Å². The number of rotatable bonds is 8. The number of hydrogen-bond donors (Lipinski definition) is 1. The second-order valence-corrected chi connectivity index (χ2v) is 7.85. The molecule has 0 saturated heterocycles. The summed E-state index contributed by atoms with van der Waals surface area (Å²) in [5, 5.41) is 13.7. The van der Waals surface area contributed by atoms with Crippen LogP contribution in [-0.2, 0) is 11.8 Å². The lowest BCUT2D eigenvalue weighted by atomic mass is 9.93. The van der Waals surface area contributed by atoms with Gasteiger partial charge in [-0.3, -0.25) is 4.79 Å². The molecule has 2 aromatic rings. The van der Waals surface area contributed by atoms with Crippen molar-refractivity contribution in [1.82, 2.24) is 20.1 Å². The van der Waals surface area contributed by atoms with Gasteiger partial charge in [-0.15, -0.1) is 21.5 Å². The molecule has 2 aromatic heterocycles. The molecule has 0 aromatic carbocycles. The van der Waals surface area contributed by atoms with Crippen LogP contribution < -0.4 is 5.32 Å². The van der Waals surface area contributed by atoms with Crippen LogP contribution in [0.1, 0.15) is 44.5 Å². The van der Waals surface area contributed by atoms with Crippen LogP contribution in [0.4, 0.5) is 0 Å². The number of nitrogens with zero attached hydrogens (tertiary/aromatic N) is 3. The first-order valence-electron chi connectivity index (χ1n) is 7.91. The Balaban J connectivity index is 2.06. The van der Waals surface area contributed by atoms with Crippen LogP contribution in [0, 0.1) is 5.92 Å². The average molecular weight is 353 g/mol. The summed E-state index contributed by atoms with van der Waals surface area (Å²) in [7, 11) is 1.88. The van der Waals surface area contributed by atoms with Gasteiger partial charge in [0.15, 0.2) is 5.16 Å². The fourth-order valence-electron chi connectivity index (χ4n) is 2.51. The molecule has 0 bridgehead atoms. The van der Waals surface area contributed by atoms with E-state index in [9.17, 15) is 4.79 Å². The highest BCUT2D eigenvalue weighted by atomic mass is 32.2. The fraction of sp³-hybridized carbons (Fsp3) is 0.562. The number of hydrogen-bond acceptors (Lipinski definition) is 5. The second kappa shape index (κ2) is 8.49. The third kappa shape index (κ3) is 4.57. The van der Waals surface area contributed by atoms with Crippen LogP contribution in [0.15, 0.2) is 29.0 Å². The Bertz CT molecular complexity index is 607. The number of amides is 1. The third-order valence-electron chi connectivity index (χ3n) is 3.99. The molecule has 23 heavy (non-hydrogen) atoms. The van der Waals surface area contributed by atoms with Crippen LogP contribution in [0.2, 0.25) is 0 Å². The molecule has 1 amide bonds. The Morgan fingerprint density at radius 1 is 1.43 bits per heavy atom. The van der Waals surface area contributed by atoms with Gasteiger partial charge in [-0.05, 0) is 24.3 Å². The highest BCUT2D eigenvalue weighted by Crippen LogP contribution is 2.31. The first kappa shape index (κ1) is 18.0. The van der Waals surface area contributed by atoms with E-state index < -0.39 is 0 Å². The largest absolute Gasteiger partial charge is 0.347 e. The molecular weight excluding hydrogens is 328 g/mol. The fourth-order valence-corrected chi connectivity index (χ4v) is 4.18. The number of aromatic nitrogens is 3. The van der Waals surface area contributed by atoms with Crippen molar-refractivity contribution in [2.24, 2.45) is 13.0 Å². The first-order valence-corrected chi connectivity index (χ1v) is 9.67. The molecule has 0 radical (unpaired) electrons. The molecule has 2 heterocycles. The van der Waals surface area contributed by atoms with Crippen LogP contribution >= 0.6 is 23.1 Å². The lowest BCUT2D eigenvalue weighted by Gasteiger charge is -2.26. The van der Waals surface area contributed by atoms with E-state index in [0.29, 0.717) is 5.92 Å². The van der Waals surface area contributed by atoms with Gasteiger partial charge >= 0.3 is 0 Å². The molecule has 0 saturated carbocycles. The maximum Gasteiger partial charge on any atom is 0.233 e. The highest BCUT2D eigenvalue weighted by Gasteiger charge is 2.26. The molecule has 126 valence electrons. The summed E-state index contributed by atoms with van der Waals surface area (Å²) < 4.78 is 1.83. The van der Waals surface area contributed by atoms with E-state index in [2.05, 4.69) is 40.8 Å². The van der Waals surface area contributed by atoms with Gasteiger partial charge < -0.3 is 9.88 Å². The molecule has 7 heteroatoms.